The Balaban J connectivity index is 1.80. The summed E-state index contributed by atoms with van der Waals surface area (Å²) in [6.07, 6.45) is 1.66. The molecule has 3 rings (SSSR count). The highest BCUT2D eigenvalue weighted by Crippen LogP contribution is 2.25. The Labute approximate surface area is 154 Å². The normalized spacial score (nSPS) is 12.3. The van der Waals surface area contributed by atoms with Crippen LogP contribution < -0.4 is 5.32 Å². The lowest BCUT2D eigenvalue weighted by Crippen LogP contribution is -2.37. The number of hydrogen-bond donors (Lipinski definition) is 1. The minimum absolute atomic E-state index is 0.0128. The maximum Gasteiger partial charge on any atom is 0.232 e. The van der Waals surface area contributed by atoms with Gasteiger partial charge in [-0.05, 0) is 37.4 Å². The van der Waals surface area contributed by atoms with Gasteiger partial charge in [0.2, 0.25) is 5.91 Å². The molecule has 1 aromatic heterocycles. The van der Waals surface area contributed by atoms with Gasteiger partial charge in [-0.2, -0.15) is 0 Å². The molecule has 0 spiro atoms. The largest absolute Gasteiger partial charge is 0.468 e. The van der Waals surface area contributed by atoms with E-state index in [9.17, 15) is 4.79 Å². The fourth-order valence-corrected chi connectivity index (χ4v) is 3.10. The molecule has 0 saturated carbocycles. The van der Waals surface area contributed by atoms with Crippen LogP contribution in [0.2, 0.25) is 0 Å². The molecule has 0 bridgehead atoms. The van der Waals surface area contributed by atoms with Crippen molar-refractivity contribution in [3.63, 3.8) is 0 Å². The summed E-state index contributed by atoms with van der Waals surface area (Å²) in [6, 6.07) is 23.5. The van der Waals surface area contributed by atoms with Crippen LogP contribution in [0.15, 0.2) is 83.5 Å². The summed E-state index contributed by atoms with van der Waals surface area (Å²) in [4.78, 5) is 15.1. The molecule has 0 aliphatic heterocycles. The van der Waals surface area contributed by atoms with E-state index in [0.717, 1.165) is 16.9 Å². The summed E-state index contributed by atoms with van der Waals surface area (Å²) >= 11 is 0. The van der Waals surface area contributed by atoms with Crippen molar-refractivity contribution in [1.29, 1.82) is 0 Å². The first kappa shape index (κ1) is 18.0. The molecule has 1 N–H and O–H groups in total. The Morgan fingerprint density at radius 1 is 0.923 bits per heavy atom. The number of nitrogens with zero attached hydrogens (tertiary/aromatic N) is 1. The van der Waals surface area contributed by atoms with Crippen LogP contribution in [-0.4, -0.2) is 31.4 Å². The first-order valence-electron chi connectivity index (χ1n) is 8.74. The van der Waals surface area contributed by atoms with E-state index in [1.165, 1.54) is 0 Å². The van der Waals surface area contributed by atoms with Crippen molar-refractivity contribution in [1.82, 2.24) is 10.2 Å². The smallest absolute Gasteiger partial charge is 0.232 e. The van der Waals surface area contributed by atoms with Gasteiger partial charge >= 0.3 is 0 Å². The van der Waals surface area contributed by atoms with Crippen LogP contribution in [-0.2, 0) is 4.79 Å². The fraction of sp³-hybridized carbons (Fsp3) is 0.227. The van der Waals surface area contributed by atoms with E-state index in [1.807, 2.05) is 91.8 Å². The van der Waals surface area contributed by atoms with Crippen molar-refractivity contribution in [2.75, 3.05) is 20.6 Å². The number of furan rings is 1. The second-order valence-corrected chi connectivity index (χ2v) is 6.49. The number of likely N-dealkylation sites (N-methyl/N-ethyl adjacent to an activating group) is 1. The monoisotopic (exact) mass is 348 g/mol. The van der Waals surface area contributed by atoms with Crippen molar-refractivity contribution in [2.45, 2.75) is 12.0 Å². The predicted octanol–water partition coefficient (Wildman–Crippen LogP) is 3.83. The van der Waals surface area contributed by atoms with E-state index >= 15 is 0 Å². The SMILES string of the molecule is CN(C)[C@@H](CNC(=O)C(c1ccccc1)c1ccccc1)c1ccco1. The standard InChI is InChI=1S/C22H24N2O2/c1-24(2)19(20-14-9-15-26-20)16-23-22(25)21(17-10-5-3-6-11-17)18-12-7-4-8-13-18/h3-15,19,21H,16H2,1-2H3,(H,23,25)/t19-/m0/s1. The Hall–Kier alpha value is -2.85. The maximum atomic E-state index is 13.1. The fourth-order valence-electron chi connectivity index (χ4n) is 3.10. The summed E-state index contributed by atoms with van der Waals surface area (Å²) in [5.74, 6) is 0.490. The minimum atomic E-state index is -0.336. The quantitative estimate of drug-likeness (QED) is 0.706. The topological polar surface area (TPSA) is 45.5 Å². The van der Waals surface area contributed by atoms with Crippen molar-refractivity contribution in [2.24, 2.45) is 0 Å². The molecule has 0 aliphatic rings. The highest BCUT2D eigenvalue weighted by Gasteiger charge is 2.24. The van der Waals surface area contributed by atoms with Crippen LogP contribution in [0.1, 0.15) is 28.8 Å². The Morgan fingerprint density at radius 3 is 1.96 bits per heavy atom. The molecule has 0 fully saturated rings. The van der Waals surface area contributed by atoms with Gasteiger partial charge in [0.25, 0.3) is 0 Å². The minimum Gasteiger partial charge on any atom is -0.468 e. The lowest BCUT2D eigenvalue weighted by Gasteiger charge is -2.24. The number of nitrogens with one attached hydrogen (secondary N) is 1. The summed E-state index contributed by atoms with van der Waals surface area (Å²) in [6.45, 7) is 0.482. The average molecular weight is 348 g/mol. The van der Waals surface area contributed by atoms with Crippen LogP contribution in [0.25, 0.3) is 0 Å². The van der Waals surface area contributed by atoms with Gasteiger partial charge in [-0.25, -0.2) is 0 Å². The molecule has 134 valence electrons. The average Bonchev–Trinajstić information content (AvgIpc) is 3.18. The van der Waals surface area contributed by atoms with Crippen LogP contribution >= 0.6 is 0 Å². The van der Waals surface area contributed by atoms with Crippen LogP contribution in [0.5, 0.6) is 0 Å². The molecule has 1 atom stereocenters. The van der Waals surface area contributed by atoms with Gasteiger partial charge in [0.1, 0.15) is 5.76 Å². The molecule has 0 radical (unpaired) electrons. The Bertz CT molecular complexity index is 759. The van der Waals surface area contributed by atoms with Gasteiger partial charge in [-0.15, -0.1) is 0 Å². The first-order chi connectivity index (χ1) is 12.7. The molecular formula is C22H24N2O2. The summed E-state index contributed by atoms with van der Waals surface area (Å²) in [7, 11) is 3.95. The first-order valence-corrected chi connectivity index (χ1v) is 8.74. The number of benzene rings is 2. The molecule has 1 heterocycles. The van der Waals surface area contributed by atoms with Gasteiger partial charge in [0.05, 0.1) is 18.2 Å². The number of carbonyl (C=O) groups excluding carboxylic acids is 1. The van der Waals surface area contributed by atoms with Crippen molar-refractivity contribution < 1.29 is 9.21 Å². The lowest BCUT2D eigenvalue weighted by atomic mass is 9.90. The van der Waals surface area contributed by atoms with Gasteiger partial charge in [-0.3, -0.25) is 9.69 Å². The molecule has 4 nitrogen and oxygen atoms in total. The molecule has 26 heavy (non-hydrogen) atoms. The molecule has 0 aliphatic carbocycles. The van der Waals surface area contributed by atoms with E-state index < -0.39 is 0 Å². The molecule has 1 amide bonds. The molecule has 4 heteroatoms. The third-order valence-corrected chi connectivity index (χ3v) is 4.49. The predicted molar refractivity (Wildman–Crippen MR) is 103 cm³/mol. The third-order valence-electron chi connectivity index (χ3n) is 4.49. The number of rotatable bonds is 7. The zero-order chi connectivity index (χ0) is 18.4. The van der Waals surface area contributed by atoms with Gasteiger partial charge in [0, 0.05) is 6.54 Å². The van der Waals surface area contributed by atoms with Gasteiger partial charge < -0.3 is 9.73 Å². The van der Waals surface area contributed by atoms with Crippen molar-refractivity contribution in [3.8, 4) is 0 Å². The van der Waals surface area contributed by atoms with E-state index in [4.69, 9.17) is 4.42 Å². The maximum absolute atomic E-state index is 13.1. The summed E-state index contributed by atoms with van der Waals surface area (Å²) in [5, 5.41) is 3.11. The number of hydrogen-bond acceptors (Lipinski definition) is 3. The van der Waals surface area contributed by atoms with Gasteiger partial charge in [-0.1, -0.05) is 60.7 Å². The zero-order valence-electron chi connectivity index (χ0n) is 15.1. The highest BCUT2D eigenvalue weighted by molar-refractivity contribution is 5.87. The van der Waals surface area contributed by atoms with Crippen molar-refractivity contribution >= 4 is 5.91 Å². The highest BCUT2D eigenvalue weighted by atomic mass is 16.3. The molecular weight excluding hydrogens is 324 g/mol. The Kier molecular flexibility index (Phi) is 5.87. The van der Waals surface area contributed by atoms with E-state index in [-0.39, 0.29) is 17.9 Å². The molecule has 0 saturated heterocycles. The van der Waals surface area contributed by atoms with E-state index in [0.29, 0.717) is 6.54 Å². The third kappa shape index (κ3) is 4.21. The van der Waals surface area contributed by atoms with Gasteiger partial charge in [0.15, 0.2) is 0 Å². The second-order valence-electron chi connectivity index (χ2n) is 6.49. The lowest BCUT2D eigenvalue weighted by molar-refractivity contribution is -0.121. The second kappa shape index (κ2) is 8.50. The summed E-state index contributed by atoms with van der Waals surface area (Å²) in [5.41, 5.74) is 1.96. The number of carbonyl (C=O) groups is 1. The van der Waals surface area contributed by atoms with E-state index in [1.54, 1.807) is 6.26 Å². The van der Waals surface area contributed by atoms with E-state index in [2.05, 4.69) is 5.32 Å². The van der Waals surface area contributed by atoms with Crippen LogP contribution in [0.4, 0.5) is 0 Å². The molecule has 3 aromatic rings. The zero-order valence-corrected chi connectivity index (χ0v) is 15.1. The Morgan fingerprint density at radius 2 is 1.50 bits per heavy atom. The molecule has 0 unspecified atom stereocenters. The van der Waals surface area contributed by atoms with Crippen LogP contribution in [0.3, 0.4) is 0 Å². The summed E-state index contributed by atoms with van der Waals surface area (Å²) < 4.78 is 5.53. The van der Waals surface area contributed by atoms with Crippen LogP contribution in [0, 0.1) is 0 Å². The van der Waals surface area contributed by atoms with Crippen molar-refractivity contribution in [3.05, 3.63) is 95.9 Å². The number of amides is 1. The molecule has 2 aromatic carbocycles.